The highest BCUT2D eigenvalue weighted by Crippen LogP contribution is 2.14. The van der Waals surface area contributed by atoms with Gasteiger partial charge in [-0.2, -0.15) is 0 Å². The van der Waals surface area contributed by atoms with Crippen molar-refractivity contribution in [3.05, 3.63) is 0 Å². The molecule has 1 N–H and O–H groups in total. The van der Waals surface area contributed by atoms with Crippen LogP contribution in [0, 0.1) is 18.3 Å². The van der Waals surface area contributed by atoms with Crippen molar-refractivity contribution in [2.24, 2.45) is 5.92 Å². The minimum absolute atomic E-state index is 0.698. The van der Waals surface area contributed by atoms with E-state index in [1.54, 1.807) is 0 Å². The first-order valence-corrected chi connectivity index (χ1v) is 5.19. The van der Waals surface area contributed by atoms with Crippen LogP contribution in [0.2, 0.25) is 0 Å². The quantitative estimate of drug-likeness (QED) is 0.512. The van der Waals surface area contributed by atoms with E-state index in [1.807, 2.05) is 0 Å². The lowest BCUT2D eigenvalue weighted by Gasteiger charge is -2.30. The van der Waals surface area contributed by atoms with Crippen molar-refractivity contribution in [2.75, 3.05) is 32.7 Å². The van der Waals surface area contributed by atoms with Crippen LogP contribution in [0.25, 0.3) is 0 Å². The Morgan fingerprint density at radius 1 is 1.62 bits per heavy atom. The number of nitrogens with zero attached hydrogens (tertiary/aromatic N) is 1. The highest BCUT2D eigenvalue weighted by Gasteiger charge is 2.14. The third-order valence-electron chi connectivity index (χ3n) is 2.57. The fourth-order valence-electron chi connectivity index (χ4n) is 1.89. The topological polar surface area (TPSA) is 15.3 Å². The molecule has 2 heteroatoms. The van der Waals surface area contributed by atoms with Crippen LogP contribution >= 0.6 is 0 Å². The molecule has 2 nitrogen and oxygen atoms in total. The zero-order chi connectivity index (χ0) is 9.52. The van der Waals surface area contributed by atoms with E-state index in [4.69, 9.17) is 6.42 Å². The fraction of sp³-hybridized carbons (Fsp3) is 0.818. The van der Waals surface area contributed by atoms with Gasteiger partial charge in [0.15, 0.2) is 0 Å². The molecule has 0 spiro atoms. The van der Waals surface area contributed by atoms with Crippen molar-refractivity contribution in [1.82, 2.24) is 10.2 Å². The van der Waals surface area contributed by atoms with Crippen LogP contribution in [-0.4, -0.2) is 37.6 Å². The SMILES string of the molecule is C#CCNCCN1CCCC(C)C1. The molecule has 1 saturated heterocycles. The first kappa shape index (κ1) is 10.6. The standard InChI is InChI=1S/C11H20N2/c1-3-6-12-7-9-13-8-4-5-11(2)10-13/h1,11-12H,4-10H2,2H3. The lowest BCUT2D eigenvalue weighted by Crippen LogP contribution is -2.38. The summed E-state index contributed by atoms with van der Waals surface area (Å²) in [5.74, 6) is 3.46. The Kier molecular flexibility index (Phi) is 4.88. The number of piperidine rings is 1. The second kappa shape index (κ2) is 6.01. The third kappa shape index (κ3) is 4.31. The molecule has 0 aromatic heterocycles. The monoisotopic (exact) mass is 180 g/mol. The van der Waals surface area contributed by atoms with Crippen LogP contribution in [0.15, 0.2) is 0 Å². The van der Waals surface area contributed by atoms with Crippen LogP contribution in [0.5, 0.6) is 0 Å². The lowest BCUT2D eigenvalue weighted by molar-refractivity contribution is 0.185. The van der Waals surface area contributed by atoms with Gasteiger partial charge >= 0.3 is 0 Å². The van der Waals surface area contributed by atoms with Gasteiger partial charge in [0.2, 0.25) is 0 Å². The lowest BCUT2D eigenvalue weighted by atomic mass is 10.0. The van der Waals surface area contributed by atoms with Gasteiger partial charge in [-0.15, -0.1) is 6.42 Å². The summed E-state index contributed by atoms with van der Waals surface area (Å²) in [6.07, 6.45) is 7.90. The molecule has 1 aliphatic rings. The van der Waals surface area contributed by atoms with Gasteiger partial charge in [0.25, 0.3) is 0 Å². The summed E-state index contributed by atoms with van der Waals surface area (Å²) in [4.78, 5) is 2.53. The van der Waals surface area contributed by atoms with Gasteiger partial charge in [-0.05, 0) is 25.3 Å². The molecule has 0 aromatic rings. The number of terminal acetylenes is 1. The maximum absolute atomic E-state index is 5.14. The molecule has 0 aromatic carbocycles. The van der Waals surface area contributed by atoms with Crippen molar-refractivity contribution in [3.63, 3.8) is 0 Å². The van der Waals surface area contributed by atoms with E-state index < -0.39 is 0 Å². The molecule has 0 bridgehead atoms. The Hall–Kier alpha value is -0.520. The summed E-state index contributed by atoms with van der Waals surface area (Å²) in [5.41, 5.74) is 0. The summed E-state index contributed by atoms with van der Waals surface area (Å²) in [7, 11) is 0. The molecular formula is C11H20N2. The molecule has 1 aliphatic heterocycles. The van der Waals surface area contributed by atoms with Gasteiger partial charge in [-0.25, -0.2) is 0 Å². The largest absolute Gasteiger partial charge is 0.305 e. The van der Waals surface area contributed by atoms with E-state index in [0.717, 1.165) is 19.0 Å². The molecule has 0 aliphatic carbocycles. The molecule has 1 unspecified atom stereocenters. The molecule has 0 radical (unpaired) electrons. The maximum atomic E-state index is 5.14. The molecule has 0 saturated carbocycles. The number of rotatable bonds is 4. The van der Waals surface area contributed by atoms with Crippen molar-refractivity contribution in [3.8, 4) is 12.3 Å². The van der Waals surface area contributed by atoms with Crippen LogP contribution < -0.4 is 5.32 Å². The molecular weight excluding hydrogens is 160 g/mol. The van der Waals surface area contributed by atoms with E-state index in [1.165, 1.54) is 25.9 Å². The van der Waals surface area contributed by atoms with Crippen LogP contribution in [0.3, 0.4) is 0 Å². The van der Waals surface area contributed by atoms with Gasteiger partial charge in [0.1, 0.15) is 0 Å². The number of likely N-dealkylation sites (tertiary alicyclic amines) is 1. The van der Waals surface area contributed by atoms with E-state index in [2.05, 4.69) is 23.1 Å². The normalized spacial score (nSPS) is 24.2. The van der Waals surface area contributed by atoms with Crippen LogP contribution in [-0.2, 0) is 0 Å². The predicted molar refractivity (Wildman–Crippen MR) is 56.5 cm³/mol. The zero-order valence-corrected chi connectivity index (χ0v) is 8.55. The van der Waals surface area contributed by atoms with Gasteiger partial charge in [-0.1, -0.05) is 12.8 Å². The number of hydrogen-bond acceptors (Lipinski definition) is 2. The van der Waals surface area contributed by atoms with Crippen molar-refractivity contribution in [1.29, 1.82) is 0 Å². The first-order valence-electron chi connectivity index (χ1n) is 5.19. The Morgan fingerprint density at radius 2 is 2.46 bits per heavy atom. The minimum Gasteiger partial charge on any atom is -0.305 e. The maximum Gasteiger partial charge on any atom is 0.0574 e. The zero-order valence-electron chi connectivity index (χ0n) is 8.55. The van der Waals surface area contributed by atoms with E-state index in [9.17, 15) is 0 Å². The Labute approximate surface area is 81.7 Å². The smallest absolute Gasteiger partial charge is 0.0574 e. The molecule has 1 atom stereocenters. The van der Waals surface area contributed by atoms with Crippen LogP contribution in [0.1, 0.15) is 19.8 Å². The number of hydrogen-bond donors (Lipinski definition) is 1. The summed E-state index contributed by atoms with van der Waals surface area (Å²) < 4.78 is 0. The second-order valence-electron chi connectivity index (χ2n) is 3.93. The Balaban J connectivity index is 2.04. The molecule has 13 heavy (non-hydrogen) atoms. The highest BCUT2D eigenvalue weighted by atomic mass is 15.1. The Morgan fingerprint density at radius 3 is 3.15 bits per heavy atom. The number of nitrogens with one attached hydrogen (secondary N) is 1. The molecule has 74 valence electrons. The Bertz CT molecular complexity index is 171. The third-order valence-corrected chi connectivity index (χ3v) is 2.57. The van der Waals surface area contributed by atoms with Gasteiger partial charge in [0.05, 0.1) is 6.54 Å². The molecule has 1 heterocycles. The minimum atomic E-state index is 0.698. The van der Waals surface area contributed by atoms with Crippen LogP contribution in [0.4, 0.5) is 0 Å². The average molecular weight is 180 g/mol. The predicted octanol–water partition coefficient (Wildman–Crippen LogP) is 0.941. The molecule has 1 rings (SSSR count). The first-order chi connectivity index (χ1) is 6.33. The van der Waals surface area contributed by atoms with Gasteiger partial charge in [0, 0.05) is 19.6 Å². The van der Waals surface area contributed by atoms with E-state index in [0.29, 0.717) is 6.54 Å². The van der Waals surface area contributed by atoms with Crippen molar-refractivity contribution >= 4 is 0 Å². The second-order valence-corrected chi connectivity index (χ2v) is 3.93. The van der Waals surface area contributed by atoms with Gasteiger partial charge < -0.3 is 10.2 Å². The van der Waals surface area contributed by atoms with E-state index >= 15 is 0 Å². The molecule has 1 fully saturated rings. The summed E-state index contributed by atoms with van der Waals surface area (Å²) in [5, 5.41) is 3.22. The average Bonchev–Trinajstić information content (AvgIpc) is 2.13. The van der Waals surface area contributed by atoms with E-state index in [-0.39, 0.29) is 0 Å². The fourth-order valence-corrected chi connectivity index (χ4v) is 1.89. The summed E-state index contributed by atoms with van der Waals surface area (Å²) in [6, 6.07) is 0. The summed E-state index contributed by atoms with van der Waals surface area (Å²) >= 11 is 0. The molecule has 0 amide bonds. The van der Waals surface area contributed by atoms with Crippen molar-refractivity contribution < 1.29 is 0 Å². The van der Waals surface area contributed by atoms with Gasteiger partial charge in [-0.3, -0.25) is 0 Å². The summed E-state index contributed by atoms with van der Waals surface area (Å²) in [6.45, 7) is 7.73. The highest BCUT2D eigenvalue weighted by molar-refractivity contribution is 4.86. The van der Waals surface area contributed by atoms with Crippen molar-refractivity contribution in [2.45, 2.75) is 19.8 Å².